The maximum atomic E-state index is 6.15. The van der Waals surface area contributed by atoms with Gasteiger partial charge in [-0.1, -0.05) is 35.3 Å². The minimum atomic E-state index is 0.130. The van der Waals surface area contributed by atoms with Crippen LogP contribution in [0.1, 0.15) is 0 Å². The van der Waals surface area contributed by atoms with Crippen molar-refractivity contribution in [1.82, 2.24) is 0 Å². The van der Waals surface area contributed by atoms with Gasteiger partial charge < -0.3 is 10.5 Å². The normalized spacial score (nSPS) is 10.0. The van der Waals surface area contributed by atoms with Crippen LogP contribution in [0.25, 0.3) is 0 Å². The summed E-state index contributed by atoms with van der Waals surface area (Å²) in [7, 11) is 1.58. The van der Waals surface area contributed by atoms with Crippen molar-refractivity contribution < 1.29 is 4.74 Å². The topological polar surface area (TPSA) is 50.5 Å². The van der Waals surface area contributed by atoms with E-state index in [1.54, 1.807) is 25.3 Å². The zero-order valence-electron chi connectivity index (χ0n) is 11.1. The first-order valence-corrected chi connectivity index (χ1v) is 7.13. The second kappa shape index (κ2) is 6.85. The van der Waals surface area contributed by atoms with Gasteiger partial charge in [0.25, 0.3) is 0 Å². The molecule has 4 nitrogen and oxygen atoms in total. The lowest BCUT2D eigenvalue weighted by atomic mass is 10.3. The van der Waals surface area contributed by atoms with Gasteiger partial charge in [-0.05, 0) is 42.5 Å². The second-order valence-corrected chi connectivity index (χ2v) is 5.34. The number of halogens is 2. The molecule has 7 heteroatoms. The predicted molar refractivity (Wildman–Crippen MR) is 92.3 cm³/mol. The largest absolute Gasteiger partial charge is 0.494 e. The summed E-state index contributed by atoms with van der Waals surface area (Å²) in [5.74, 6) is 0.628. The molecule has 0 bridgehead atoms. The summed E-state index contributed by atoms with van der Waals surface area (Å²) < 4.78 is 5.31. The highest BCUT2D eigenvalue weighted by Crippen LogP contribution is 2.31. The van der Waals surface area contributed by atoms with Gasteiger partial charge in [-0.25, -0.2) is 5.01 Å². The molecule has 3 N–H and O–H groups in total. The van der Waals surface area contributed by atoms with Gasteiger partial charge in [-0.3, -0.25) is 5.43 Å². The Labute approximate surface area is 138 Å². The lowest BCUT2D eigenvalue weighted by Crippen LogP contribution is -2.40. The fourth-order valence-electron chi connectivity index (χ4n) is 1.75. The number of methoxy groups -OCH3 is 1. The molecular formula is C14H13Cl2N3OS. The van der Waals surface area contributed by atoms with Gasteiger partial charge >= 0.3 is 0 Å². The maximum Gasteiger partial charge on any atom is 0.190 e. The third kappa shape index (κ3) is 3.69. The summed E-state index contributed by atoms with van der Waals surface area (Å²) in [6.45, 7) is 0. The molecule has 2 aromatic rings. The van der Waals surface area contributed by atoms with Crippen LogP contribution in [0.2, 0.25) is 10.0 Å². The minimum absolute atomic E-state index is 0.130. The molecule has 110 valence electrons. The first-order valence-electron chi connectivity index (χ1n) is 5.97. The molecule has 0 heterocycles. The van der Waals surface area contributed by atoms with Crippen molar-refractivity contribution in [1.29, 1.82) is 0 Å². The van der Waals surface area contributed by atoms with Crippen LogP contribution in [-0.4, -0.2) is 12.2 Å². The summed E-state index contributed by atoms with van der Waals surface area (Å²) in [5.41, 5.74) is 10.2. The van der Waals surface area contributed by atoms with E-state index in [-0.39, 0.29) is 5.11 Å². The summed E-state index contributed by atoms with van der Waals surface area (Å²) in [5, 5.41) is 2.65. The van der Waals surface area contributed by atoms with Gasteiger partial charge in [0.05, 0.1) is 17.8 Å². The highest BCUT2D eigenvalue weighted by molar-refractivity contribution is 7.80. The molecule has 0 aliphatic carbocycles. The number of rotatable bonds is 4. The molecule has 0 radical (unpaired) electrons. The molecule has 0 aliphatic rings. The van der Waals surface area contributed by atoms with E-state index in [0.29, 0.717) is 27.2 Å². The highest BCUT2D eigenvalue weighted by Gasteiger charge is 2.15. The number of hydrogen-bond donors (Lipinski definition) is 2. The van der Waals surface area contributed by atoms with E-state index < -0.39 is 0 Å². The number of nitrogens with two attached hydrogens (primary N) is 1. The quantitative estimate of drug-likeness (QED) is 0.648. The Balaban J connectivity index is 2.38. The van der Waals surface area contributed by atoms with Gasteiger partial charge in [0, 0.05) is 5.02 Å². The Morgan fingerprint density at radius 3 is 2.57 bits per heavy atom. The summed E-state index contributed by atoms with van der Waals surface area (Å²) in [6, 6.07) is 12.4. The average Bonchev–Trinajstić information content (AvgIpc) is 2.46. The van der Waals surface area contributed by atoms with Crippen LogP contribution in [0.5, 0.6) is 5.75 Å². The Hall–Kier alpha value is -1.69. The molecule has 0 spiro atoms. The van der Waals surface area contributed by atoms with Crippen LogP contribution in [0.4, 0.5) is 11.4 Å². The Morgan fingerprint density at radius 2 is 1.95 bits per heavy atom. The van der Waals surface area contributed by atoms with E-state index in [4.69, 9.17) is 45.9 Å². The Morgan fingerprint density at radius 1 is 1.24 bits per heavy atom. The SMILES string of the molecule is COc1ccccc1N(Nc1ccc(Cl)cc1Cl)C(N)=S. The van der Waals surface area contributed by atoms with Crippen molar-refractivity contribution in [2.45, 2.75) is 0 Å². The first-order chi connectivity index (χ1) is 10.0. The molecular weight excluding hydrogens is 329 g/mol. The van der Waals surface area contributed by atoms with Crippen molar-refractivity contribution in [2.75, 3.05) is 17.5 Å². The maximum absolute atomic E-state index is 6.15. The molecule has 0 amide bonds. The molecule has 0 saturated carbocycles. The van der Waals surface area contributed by atoms with Crippen LogP contribution in [0.15, 0.2) is 42.5 Å². The van der Waals surface area contributed by atoms with Gasteiger partial charge in [-0.15, -0.1) is 0 Å². The zero-order valence-corrected chi connectivity index (χ0v) is 13.5. The van der Waals surface area contributed by atoms with Gasteiger partial charge in [0.1, 0.15) is 11.4 Å². The van der Waals surface area contributed by atoms with E-state index in [2.05, 4.69) is 5.43 Å². The van der Waals surface area contributed by atoms with E-state index in [1.165, 1.54) is 5.01 Å². The van der Waals surface area contributed by atoms with E-state index >= 15 is 0 Å². The molecule has 21 heavy (non-hydrogen) atoms. The minimum Gasteiger partial charge on any atom is -0.494 e. The van der Waals surface area contributed by atoms with Crippen molar-refractivity contribution in [3.05, 3.63) is 52.5 Å². The third-order valence-electron chi connectivity index (χ3n) is 2.71. The van der Waals surface area contributed by atoms with Gasteiger partial charge in [-0.2, -0.15) is 0 Å². The molecule has 2 rings (SSSR count). The van der Waals surface area contributed by atoms with E-state index in [1.807, 2.05) is 24.3 Å². The van der Waals surface area contributed by atoms with Crippen molar-refractivity contribution in [3.8, 4) is 5.75 Å². The molecule has 0 saturated heterocycles. The Kier molecular flexibility index (Phi) is 5.12. The summed E-state index contributed by atoms with van der Waals surface area (Å²) in [6.07, 6.45) is 0. The molecule has 0 aliphatic heterocycles. The number of nitrogens with one attached hydrogen (secondary N) is 1. The van der Waals surface area contributed by atoms with Crippen molar-refractivity contribution in [2.24, 2.45) is 5.73 Å². The lowest BCUT2D eigenvalue weighted by Gasteiger charge is -2.26. The zero-order chi connectivity index (χ0) is 15.4. The van der Waals surface area contributed by atoms with Crippen LogP contribution in [0, 0.1) is 0 Å². The first kappa shape index (κ1) is 15.7. The lowest BCUT2D eigenvalue weighted by molar-refractivity contribution is 0.416. The number of benzene rings is 2. The smallest absolute Gasteiger partial charge is 0.190 e. The van der Waals surface area contributed by atoms with E-state index in [0.717, 1.165) is 0 Å². The Bertz CT molecular complexity index is 666. The fraction of sp³-hybridized carbons (Fsp3) is 0.0714. The number of anilines is 2. The monoisotopic (exact) mass is 341 g/mol. The van der Waals surface area contributed by atoms with Crippen LogP contribution >= 0.6 is 35.4 Å². The number of nitrogens with zero attached hydrogens (tertiary/aromatic N) is 1. The molecule has 2 aromatic carbocycles. The second-order valence-electron chi connectivity index (χ2n) is 4.08. The van der Waals surface area contributed by atoms with Crippen LogP contribution in [-0.2, 0) is 0 Å². The number of hydrogen-bond acceptors (Lipinski definition) is 3. The third-order valence-corrected chi connectivity index (χ3v) is 3.44. The molecule has 0 fully saturated rings. The van der Waals surface area contributed by atoms with Crippen LogP contribution in [0.3, 0.4) is 0 Å². The summed E-state index contributed by atoms with van der Waals surface area (Å²) in [4.78, 5) is 0. The standard InChI is InChI=1S/C14H13Cl2N3OS/c1-20-13-5-3-2-4-12(13)19(14(17)21)18-11-7-6-9(15)8-10(11)16/h2-8,18H,1H3,(H2,17,21). The number of para-hydroxylation sites is 2. The van der Waals surface area contributed by atoms with Crippen molar-refractivity contribution >= 4 is 51.9 Å². The predicted octanol–water partition coefficient (Wildman–Crippen LogP) is 4.08. The van der Waals surface area contributed by atoms with E-state index in [9.17, 15) is 0 Å². The van der Waals surface area contributed by atoms with Crippen molar-refractivity contribution in [3.63, 3.8) is 0 Å². The average molecular weight is 342 g/mol. The highest BCUT2D eigenvalue weighted by atomic mass is 35.5. The van der Waals surface area contributed by atoms with Crippen LogP contribution < -0.4 is 20.9 Å². The summed E-state index contributed by atoms with van der Waals surface area (Å²) >= 11 is 17.1. The molecule has 0 unspecified atom stereocenters. The fourth-order valence-corrected chi connectivity index (χ4v) is 2.34. The number of thiocarbonyl (C=S) groups is 1. The molecule has 0 aromatic heterocycles. The van der Waals surface area contributed by atoms with Gasteiger partial charge in [0.15, 0.2) is 5.11 Å². The number of hydrazine groups is 1. The number of ether oxygens (including phenoxy) is 1. The molecule has 0 atom stereocenters. The van der Waals surface area contributed by atoms with Gasteiger partial charge in [0.2, 0.25) is 0 Å².